The molecule has 0 aromatic heterocycles. The van der Waals surface area contributed by atoms with E-state index < -0.39 is 0 Å². The standard InChI is InChI=1S/C14H20N2O3/c1-9(2)15-14(17)16-10(3)11-4-5-12-13(8-11)19-7-6-18-12/h4-5,8-10H,6-7H2,1-3H3,(H2,15,16,17)/t10-/m1/s1. The highest BCUT2D eigenvalue weighted by molar-refractivity contribution is 5.74. The van der Waals surface area contributed by atoms with Crippen LogP contribution in [0, 0.1) is 0 Å². The molecule has 1 aliphatic rings. The van der Waals surface area contributed by atoms with Crippen molar-refractivity contribution in [3.63, 3.8) is 0 Å². The van der Waals surface area contributed by atoms with Gasteiger partial charge in [-0.25, -0.2) is 4.79 Å². The Morgan fingerprint density at radius 1 is 1.11 bits per heavy atom. The van der Waals surface area contributed by atoms with Gasteiger partial charge < -0.3 is 20.1 Å². The third-order valence-corrected chi connectivity index (χ3v) is 2.83. The number of rotatable bonds is 3. The van der Waals surface area contributed by atoms with Gasteiger partial charge in [-0.2, -0.15) is 0 Å². The maximum absolute atomic E-state index is 11.6. The van der Waals surface area contributed by atoms with Crippen LogP contribution in [0.3, 0.4) is 0 Å². The van der Waals surface area contributed by atoms with E-state index in [9.17, 15) is 4.79 Å². The third kappa shape index (κ3) is 3.53. The van der Waals surface area contributed by atoms with Crippen LogP contribution in [0.15, 0.2) is 18.2 Å². The number of carbonyl (C=O) groups is 1. The van der Waals surface area contributed by atoms with Gasteiger partial charge in [0.2, 0.25) is 0 Å². The summed E-state index contributed by atoms with van der Waals surface area (Å²) in [4.78, 5) is 11.6. The van der Waals surface area contributed by atoms with Crippen LogP contribution in [0.1, 0.15) is 32.4 Å². The Morgan fingerprint density at radius 3 is 2.47 bits per heavy atom. The average Bonchev–Trinajstić information content (AvgIpc) is 2.37. The zero-order valence-corrected chi connectivity index (χ0v) is 11.5. The molecule has 1 aliphatic heterocycles. The number of ether oxygens (including phenoxy) is 2. The largest absolute Gasteiger partial charge is 0.486 e. The van der Waals surface area contributed by atoms with Gasteiger partial charge in [-0.3, -0.25) is 0 Å². The van der Waals surface area contributed by atoms with Gasteiger partial charge in [0.1, 0.15) is 13.2 Å². The molecule has 0 saturated carbocycles. The van der Waals surface area contributed by atoms with Crippen molar-refractivity contribution in [2.45, 2.75) is 32.9 Å². The van der Waals surface area contributed by atoms with Crippen molar-refractivity contribution in [3.05, 3.63) is 23.8 Å². The van der Waals surface area contributed by atoms with Crippen molar-refractivity contribution < 1.29 is 14.3 Å². The van der Waals surface area contributed by atoms with E-state index >= 15 is 0 Å². The zero-order chi connectivity index (χ0) is 13.8. The molecule has 0 saturated heterocycles. The summed E-state index contributed by atoms with van der Waals surface area (Å²) in [7, 11) is 0. The molecule has 2 amide bonds. The fourth-order valence-corrected chi connectivity index (χ4v) is 1.91. The Morgan fingerprint density at radius 2 is 1.79 bits per heavy atom. The number of fused-ring (bicyclic) bond motifs is 1. The van der Waals surface area contributed by atoms with Gasteiger partial charge in [-0.15, -0.1) is 0 Å². The number of hydrogen-bond donors (Lipinski definition) is 2. The number of hydrogen-bond acceptors (Lipinski definition) is 3. The minimum absolute atomic E-state index is 0.0884. The molecule has 0 radical (unpaired) electrons. The van der Waals surface area contributed by atoms with E-state index in [2.05, 4.69) is 10.6 Å². The van der Waals surface area contributed by atoms with Crippen molar-refractivity contribution in [2.24, 2.45) is 0 Å². The van der Waals surface area contributed by atoms with Gasteiger partial charge in [-0.1, -0.05) is 6.07 Å². The molecule has 0 unspecified atom stereocenters. The predicted molar refractivity (Wildman–Crippen MR) is 72.7 cm³/mol. The van der Waals surface area contributed by atoms with Gasteiger partial charge in [0.15, 0.2) is 11.5 Å². The Bertz CT molecular complexity index is 460. The van der Waals surface area contributed by atoms with Gasteiger partial charge in [-0.05, 0) is 38.5 Å². The normalized spacial score (nSPS) is 14.9. The third-order valence-electron chi connectivity index (χ3n) is 2.83. The maximum atomic E-state index is 11.6. The summed E-state index contributed by atoms with van der Waals surface area (Å²) in [6, 6.07) is 5.59. The molecule has 0 spiro atoms. The van der Waals surface area contributed by atoms with Gasteiger partial charge in [0, 0.05) is 6.04 Å². The SMILES string of the molecule is CC(C)NC(=O)N[C@H](C)c1ccc2c(c1)OCCO2. The van der Waals surface area contributed by atoms with Crippen LogP contribution in [-0.4, -0.2) is 25.3 Å². The second-order valence-corrected chi connectivity index (χ2v) is 4.90. The van der Waals surface area contributed by atoms with E-state index in [1.165, 1.54) is 0 Å². The summed E-state index contributed by atoms with van der Waals surface area (Å²) in [6.45, 7) is 6.93. The Balaban J connectivity index is 2.03. The molecule has 2 N–H and O–H groups in total. The number of urea groups is 1. The van der Waals surface area contributed by atoms with E-state index in [0.717, 1.165) is 17.1 Å². The fourth-order valence-electron chi connectivity index (χ4n) is 1.91. The maximum Gasteiger partial charge on any atom is 0.315 e. The van der Waals surface area contributed by atoms with E-state index in [-0.39, 0.29) is 18.1 Å². The topological polar surface area (TPSA) is 59.6 Å². The lowest BCUT2D eigenvalue weighted by Crippen LogP contribution is -2.40. The lowest BCUT2D eigenvalue weighted by Gasteiger charge is -2.21. The second kappa shape index (κ2) is 5.82. The van der Waals surface area contributed by atoms with Crippen molar-refractivity contribution in [1.82, 2.24) is 10.6 Å². The van der Waals surface area contributed by atoms with Crippen LogP contribution in [0.2, 0.25) is 0 Å². The first-order valence-electron chi connectivity index (χ1n) is 6.53. The summed E-state index contributed by atoms with van der Waals surface area (Å²) >= 11 is 0. The summed E-state index contributed by atoms with van der Waals surface area (Å²) < 4.78 is 11.0. The van der Waals surface area contributed by atoms with Crippen LogP contribution in [-0.2, 0) is 0 Å². The first-order valence-corrected chi connectivity index (χ1v) is 6.53. The molecular formula is C14H20N2O3. The number of carbonyl (C=O) groups excluding carboxylic acids is 1. The number of amides is 2. The average molecular weight is 264 g/mol. The summed E-state index contributed by atoms with van der Waals surface area (Å²) in [5.74, 6) is 1.50. The monoisotopic (exact) mass is 264 g/mol. The number of nitrogens with one attached hydrogen (secondary N) is 2. The molecule has 19 heavy (non-hydrogen) atoms. The molecule has 0 aliphatic carbocycles. The predicted octanol–water partition coefficient (Wildman–Crippen LogP) is 2.23. The minimum atomic E-state index is -0.169. The quantitative estimate of drug-likeness (QED) is 0.880. The lowest BCUT2D eigenvalue weighted by atomic mass is 10.1. The molecule has 1 aromatic rings. The Labute approximate surface area is 113 Å². The van der Waals surface area contributed by atoms with E-state index in [0.29, 0.717) is 13.2 Å². The first kappa shape index (κ1) is 13.5. The Hall–Kier alpha value is -1.91. The molecule has 5 heteroatoms. The molecule has 5 nitrogen and oxygen atoms in total. The number of benzene rings is 1. The van der Waals surface area contributed by atoms with Crippen LogP contribution in [0.4, 0.5) is 4.79 Å². The van der Waals surface area contributed by atoms with Crippen molar-refractivity contribution in [1.29, 1.82) is 0 Å². The summed E-state index contributed by atoms with van der Waals surface area (Å²) in [5, 5.41) is 5.69. The molecule has 2 rings (SSSR count). The van der Waals surface area contributed by atoms with Crippen LogP contribution >= 0.6 is 0 Å². The van der Waals surface area contributed by atoms with Gasteiger partial charge in [0.25, 0.3) is 0 Å². The van der Waals surface area contributed by atoms with Gasteiger partial charge in [0.05, 0.1) is 6.04 Å². The fraction of sp³-hybridized carbons (Fsp3) is 0.500. The van der Waals surface area contributed by atoms with Crippen molar-refractivity contribution >= 4 is 6.03 Å². The van der Waals surface area contributed by atoms with Crippen molar-refractivity contribution in [2.75, 3.05) is 13.2 Å². The Kier molecular flexibility index (Phi) is 4.14. The molecule has 0 bridgehead atoms. The molecule has 1 aromatic carbocycles. The highest BCUT2D eigenvalue weighted by atomic mass is 16.6. The molecule has 1 heterocycles. The molecule has 104 valence electrons. The highest BCUT2D eigenvalue weighted by Crippen LogP contribution is 2.32. The molecular weight excluding hydrogens is 244 g/mol. The smallest absolute Gasteiger partial charge is 0.315 e. The molecule has 0 fully saturated rings. The van der Waals surface area contributed by atoms with E-state index in [1.807, 2.05) is 39.0 Å². The van der Waals surface area contributed by atoms with Gasteiger partial charge >= 0.3 is 6.03 Å². The van der Waals surface area contributed by atoms with E-state index in [1.54, 1.807) is 0 Å². The summed E-state index contributed by atoms with van der Waals surface area (Å²) in [5.41, 5.74) is 0.989. The van der Waals surface area contributed by atoms with Crippen LogP contribution in [0.5, 0.6) is 11.5 Å². The second-order valence-electron chi connectivity index (χ2n) is 4.90. The summed E-state index contributed by atoms with van der Waals surface area (Å²) in [6.07, 6.45) is 0. The van der Waals surface area contributed by atoms with E-state index in [4.69, 9.17) is 9.47 Å². The highest BCUT2D eigenvalue weighted by Gasteiger charge is 2.15. The minimum Gasteiger partial charge on any atom is -0.486 e. The lowest BCUT2D eigenvalue weighted by molar-refractivity contribution is 0.171. The van der Waals surface area contributed by atoms with Crippen LogP contribution < -0.4 is 20.1 Å². The van der Waals surface area contributed by atoms with Crippen LogP contribution in [0.25, 0.3) is 0 Å². The first-order chi connectivity index (χ1) is 9.06. The van der Waals surface area contributed by atoms with Crippen molar-refractivity contribution in [3.8, 4) is 11.5 Å². The zero-order valence-electron chi connectivity index (χ0n) is 11.5. The molecule has 1 atom stereocenters.